The van der Waals surface area contributed by atoms with E-state index in [1.807, 2.05) is 30.3 Å². The monoisotopic (exact) mass is 302 g/mol. The summed E-state index contributed by atoms with van der Waals surface area (Å²) < 4.78 is 0. The molecule has 108 valence electrons. The van der Waals surface area contributed by atoms with Crippen molar-refractivity contribution in [2.75, 3.05) is 7.05 Å². The highest BCUT2D eigenvalue weighted by atomic mass is 32.2. The van der Waals surface area contributed by atoms with Crippen LogP contribution in [-0.2, 0) is 6.54 Å². The Labute approximate surface area is 126 Å². The first-order valence-electron chi connectivity index (χ1n) is 6.27. The standard InChI is InChI=1S/C15H14N2O3S/c1-16(11-12-5-3-2-4-6-12)15(18)21-14-9-7-13(8-10-14)17(19)20/h2-10H,11H2,1H3. The van der Waals surface area contributed by atoms with E-state index in [4.69, 9.17) is 0 Å². The second-order valence-electron chi connectivity index (χ2n) is 4.46. The summed E-state index contributed by atoms with van der Waals surface area (Å²) in [6.07, 6.45) is 0. The quantitative estimate of drug-likeness (QED) is 0.487. The van der Waals surface area contributed by atoms with Gasteiger partial charge in [-0.15, -0.1) is 0 Å². The Morgan fingerprint density at radius 1 is 1.14 bits per heavy atom. The van der Waals surface area contributed by atoms with Crippen molar-refractivity contribution in [3.63, 3.8) is 0 Å². The zero-order chi connectivity index (χ0) is 15.2. The van der Waals surface area contributed by atoms with E-state index in [0.717, 1.165) is 17.3 Å². The highest BCUT2D eigenvalue weighted by molar-refractivity contribution is 8.13. The van der Waals surface area contributed by atoms with Gasteiger partial charge in [0.1, 0.15) is 0 Å². The third kappa shape index (κ3) is 4.32. The molecule has 21 heavy (non-hydrogen) atoms. The van der Waals surface area contributed by atoms with Crippen LogP contribution in [-0.4, -0.2) is 22.1 Å². The first kappa shape index (κ1) is 15.1. The van der Waals surface area contributed by atoms with Gasteiger partial charge < -0.3 is 4.90 Å². The molecule has 2 rings (SSSR count). The van der Waals surface area contributed by atoms with Crippen molar-refractivity contribution in [3.8, 4) is 0 Å². The van der Waals surface area contributed by atoms with E-state index in [9.17, 15) is 14.9 Å². The van der Waals surface area contributed by atoms with Crippen LogP contribution in [0.5, 0.6) is 0 Å². The van der Waals surface area contributed by atoms with Crippen LogP contribution >= 0.6 is 11.8 Å². The third-order valence-electron chi connectivity index (χ3n) is 2.83. The lowest BCUT2D eigenvalue weighted by molar-refractivity contribution is -0.384. The molecule has 0 fully saturated rings. The molecule has 2 aromatic rings. The molecule has 0 saturated heterocycles. The van der Waals surface area contributed by atoms with E-state index in [1.54, 1.807) is 24.1 Å². The molecule has 5 nitrogen and oxygen atoms in total. The SMILES string of the molecule is CN(Cc1ccccc1)C(=O)Sc1ccc([N+](=O)[O-])cc1. The maximum Gasteiger partial charge on any atom is 0.286 e. The van der Waals surface area contributed by atoms with Crippen LogP contribution < -0.4 is 0 Å². The van der Waals surface area contributed by atoms with Crippen molar-refractivity contribution in [1.29, 1.82) is 0 Å². The van der Waals surface area contributed by atoms with Gasteiger partial charge in [-0.2, -0.15) is 0 Å². The van der Waals surface area contributed by atoms with E-state index in [1.165, 1.54) is 12.1 Å². The zero-order valence-electron chi connectivity index (χ0n) is 11.4. The highest BCUT2D eigenvalue weighted by Crippen LogP contribution is 2.24. The van der Waals surface area contributed by atoms with Gasteiger partial charge in [-0.1, -0.05) is 30.3 Å². The normalized spacial score (nSPS) is 10.1. The fourth-order valence-corrected chi connectivity index (χ4v) is 2.43. The summed E-state index contributed by atoms with van der Waals surface area (Å²) in [5.74, 6) is 0. The smallest absolute Gasteiger partial charge is 0.286 e. The van der Waals surface area contributed by atoms with E-state index in [2.05, 4.69) is 0 Å². The van der Waals surface area contributed by atoms with Crippen molar-refractivity contribution >= 4 is 22.7 Å². The minimum absolute atomic E-state index is 0.0180. The lowest BCUT2D eigenvalue weighted by Gasteiger charge is -2.16. The number of rotatable bonds is 4. The minimum Gasteiger partial charge on any atom is -0.332 e. The Morgan fingerprint density at radius 2 is 1.76 bits per heavy atom. The molecule has 0 aromatic heterocycles. The zero-order valence-corrected chi connectivity index (χ0v) is 12.2. The molecule has 0 aliphatic heterocycles. The molecule has 0 aliphatic carbocycles. The number of non-ortho nitro benzene ring substituents is 1. The van der Waals surface area contributed by atoms with Gasteiger partial charge in [0.25, 0.3) is 10.9 Å². The molecule has 0 spiro atoms. The van der Waals surface area contributed by atoms with E-state index >= 15 is 0 Å². The van der Waals surface area contributed by atoms with Gasteiger partial charge in [0.05, 0.1) is 4.92 Å². The summed E-state index contributed by atoms with van der Waals surface area (Å²) in [5, 5.41) is 10.5. The molecular formula is C15H14N2O3S. The van der Waals surface area contributed by atoms with Crippen molar-refractivity contribution < 1.29 is 9.72 Å². The molecule has 0 heterocycles. The Kier molecular flexibility index (Phi) is 4.94. The van der Waals surface area contributed by atoms with Crippen LogP contribution in [0, 0.1) is 10.1 Å². The number of hydrogen-bond donors (Lipinski definition) is 0. The molecule has 0 bridgehead atoms. The highest BCUT2D eigenvalue weighted by Gasteiger charge is 2.12. The summed E-state index contributed by atoms with van der Waals surface area (Å²) in [5.41, 5.74) is 1.07. The number of nitro groups is 1. The van der Waals surface area contributed by atoms with Crippen molar-refractivity contribution in [3.05, 3.63) is 70.3 Å². The number of thioether (sulfide) groups is 1. The third-order valence-corrected chi connectivity index (χ3v) is 3.82. The van der Waals surface area contributed by atoms with Crippen LogP contribution in [0.25, 0.3) is 0 Å². The van der Waals surface area contributed by atoms with Crippen molar-refractivity contribution in [2.24, 2.45) is 0 Å². The maximum absolute atomic E-state index is 12.1. The minimum atomic E-state index is -0.461. The summed E-state index contributed by atoms with van der Waals surface area (Å²) in [7, 11) is 1.73. The number of hydrogen-bond acceptors (Lipinski definition) is 4. The molecule has 0 radical (unpaired) electrons. The summed E-state index contributed by atoms with van der Waals surface area (Å²) in [4.78, 5) is 24.5. The predicted octanol–water partition coefficient (Wildman–Crippen LogP) is 3.94. The summed E-state index contributed by atoms with van der Waals surface area (Å²) in [6, 6.07) is 15.7. The van der Waals surface area contributed by atoms with Gasteiger partial charge in [-0.25, -0.2) is 0 Å². The molecule has 0 unspecified atom stereocenters. The predicted molar refractivity (Wildman–Crippen MR) is 82.3 cm³/mol. The van der Waals surface area contributed by atoms with E-state index < -0.39 is 4.92 Å². The van der Waals surface area contributed by atoms with Crippen LogP contribution in [0.1, 0.15) is 5.56 Å². The second-order valence-corrected chi connectivity index (χ2v) is 5.49. The topological polar surface area (TPSA) is 63.5 Å². The number of carbonyl (C=O) groups excluding carboxylic acids is 1. The van der Waals surface area contributed by atoms with Gasteiger partial charge in [0.15, 0.2) is 0 Å². The Morgan fingerprint density at radius 3 is 2.33 bits per heavy atom. The van der Waals surface area contributed by atoms with Crippen molar-refractivity contribution in [1.82, 2.24) is 4.90 Å². The number of nitro benzene ring substituents is 1. The molecule has 2 aromatic carbocycles. The number of benzene rings is 2. The van der Waals surface area contributed by atoms with Crippen molar-refractivity contribution in [2.45, 2.75) is 11.4 Å². The van der Waals surface area contributed by atoms with Gasteiger partial charge in [0, 0.05) is 30.6 Å². The molecule has 6 heteroatoms. The summed E-state index contributed by atoms with van der Waals surface area (Å²) >= 11 is 1.06. The van der Waals surface area contributed by atoms with Crippen LogP contribution in [0.15, 0.2) is 59.5 Å². The van der Waals surface area contributed by atoms with Crippen LogP contribution in [0.3, 0.4) is 0 Å². The molecule has 0 saturated carbocycles. The lowest BCUT2D eigenvalue weighted by atomic mass is 10.2. The number of carbonyl (C=O) groups is 1. The largest absolute Gasteiger partial charge is 0.332 e. The van der Waals surface area contributed by atoms with Gasteiger partial charge in [0.2, 0.25) is 0 Å². The first-order chi connectivity index (χ1) is 10.1. The second kappa shape index (κ2) is 6.90. The number of amides is 1. The van der Waals surface area contributed by atoms with Gasteiger partial charge in [-0.05, 0) is 29.5 Å². The Bertz CT molecular complexity index is 629. The molecule has 0 aliphatic rings. The fraction of sp³-hybridized carbons (Fsp3) is 0.133. The van der Waals surface area contributed by atoms with Crippen LogP contribution in [0.2, 0.25) is 0 Å². The maximum atomic E-state index is 12.1. The van der Waals surface area contributed by atoms with E-state index in [0.29, 0.717) is 11.4 Å². The van der Waals surface area contributed by atoms with Gasteiger partial charge in [-0.3, -0.25) is 14.9 Å². The average Bonchev–Trinajstić information content (AvgIpc) is 2.48. The summed E-state index contributed by atoms with van der Waals surface area (Å²) in [6.45, 7) is 0.527. The molecule has 0 N–H and O–H groups in total. The molecule has 0 atom stereocenters. The Balaban J connectivity index is 1.95. The van der Waals surface area contributed by atoms with Crippen LogP contribution in [0.4, 0.5) is 10.5 Å². The van der Waals surface area contributed by atoms with Gasteiger partial charge >= 0.3 is 0 Å². The fourth-order valence-electron chi connectivity index (χ4n) is 1.74. The number of nitrogens with zero attached hydrogens (tertiary/aromatic N) is 2. The average molecular weight is 302 g/mol. The first-order valence-corrected chi connectivity index (χ1v) is 7.09. The molecular weight excluding hydrogens is 288 g/mol. The lowest BCUT2D eigenvalue weighted by Crippen LogP contribution is -2.21. The Hall–Kier alpha value is -2.34. The molecule has 1 amide bonds. The van der Waals surface area contributed by atoms with E-state index in [-0.39, 0.29) is 10.9 Å².